The first kappa shape index (κ1) is 14.0. The molecule has 0 saturated carbocycles. The summed E-state index contributed by atoms with van der Waals surface area (Å²) < 4.78 is 5.31. The molecule has 3 heteroatoms. The standard InChI is InChI=1S/C18H21NO2/c1-21-17-9-7-13-6-8-16(10-15(13)11-17)19-12-14-4-2-3-5-18(14)20/h2-5,7,9,11,16,19-20H,6,8,10,12H2,1H3. The molecule has 0 aromatic heterocycles. The van der Waals surface area contributed by atoms with E-state index in [4.69, 9.17) is 4.74 Å². The van der Waals surface area contributed by atoms with Gasteiger partial charge in [-0.25, -0.2) is 0 Å². The molecule has 110 valence electrons. The van der Waals surface area contributed by atoms with E-state index in [9.17, 15) is 5.11 Å². The summed E-state index contributed by atoms with van der Waals surface area (Å²) in [5, 5.41) is 13.4. The molecule has 0 fully saturated rings. The number of rotatable bonds is 4. The summed E-state index contributed by atoms with van der Waals surface area (Å²) in [7, 11) is 1.71. The van der Waals surface area contributed by atoms with Crippen molar-refractivity contribution in [3.8, 4) is 11.5 Å². The Balaban J connectivity index is 1.65. The van der Waals surface area contributed by atoms with E-state index in [1.54, 1.807) is 13.2 Å². The normalized spacial score (nSPS) is 17.3. The first-order valence-electron chi connectivity index (χ1n) is 7.42. The van der Waals surface area contributed by atoms with Crippen molar-refractivity contribution in [2.75, 3.05) is 7.11 Å². The van der Waals surface area contributed by atoms with Gasteiger partial charge in [-0.3, -0.25) is 0 Å². The molecule has 1 atom stereocenters. The highest BCUT2D eigenvalue weighted by Crippen LogP contribution is 2.26. The number of phenolic OH excluding ortho intramolecular Hbond substituents is 1. The Bertz CT molecular complexity index is 624. The van der Waals surface area contributed by atoms with Gasteiger partial charge in [0.25, 0.3) is 0 Å². The average Bonchev–Trinajstić information content (AvgIpc) is 2.53. The second-order valence-corrected chi connectivity index (χ2v) is 5.58. The lowest BCUT2D eigenvalue weighted by Crippen LogP contribution is -2.34. The Hall–Kier alpha value is -2.00. The Labute approximate surface area is 125 Å². The molecule has 1 aliphatic carbocycles. The highest BCUT2D eigenvalue weighted by Gasteiger charge is 2.18. The Morgan fingerprint density at radius 1 is 1.19 bits per heavy atom. The molecule has 0 spiro atoms. The van der Waals surface area contributed by atoms with Gasteiger partial charge >= 0.3 is 0 Å². The van der Waals surface area contributed by atoms with Gasteiger partial charge < -0.3 is 15.2 Å². The molecular weight excluding hydrogens is 262 g/mol. The second-order valence-electron chi connectivity index (χ2n) is 5.58. The maximum absolute atomic E-state index is 9.81. The summed E-state index contributed by atoms with van der Waals surface area (Å²) in [5.41, 5.74) is 3.75. The van der Waals surface area contributed by atoms with Gasteiger partial charge in [-0.05, 0) is 48.6 Å². The van der Waals surface area contributed by atoms with Crippen LogP contribution in [-0.2, 0) is 19.4 Å². The summed E-state index contributed by atoms with van der Waals surface area (Å²) in [6.07, 6.45) is 3.24. The summed E-state index contributed by atoms with van der Waals surface area (Å²) in [6.45, 7) is 0.705. The van der Waals surface area contributed by atoms with Crippen LogP contribution in [-0.4, -0.2) is 18.3 Å². The smallest absolute Gasteiger partial charge is 0.120 e. The fourth-order valence-corrected chi connectivity index (χ4v) is 2.95. The summed E-state index contributed by atoms with van der Waals surface area (Å²) >= 11 is 0. The third kappa shape index (κ3) is 3.19. The SMILES string of the molecule is COc1ccc2c(c1)CC(NCc1ccccc1O)CC2. The number of methoxy groups -OCH3 is 1. The van der Waals surface area contributed by atoms with E-state index in [1.165, 1.54) is 11.1 Å². The molecule has 1 unspecified atom stereocenters. The lowest BCUT2D eigenvalue weighted by molar-refractivity contribution is 0.410. The van der Waals surface area contributed by atoms with Gasteiger partial charge in [-0.15, -0.1) is 0 Å². The van der Waals surface area contributed by atoms with E-state index in [2.05, 4.69) is 17.4 Å². The van der Waals surface area contributed by atoms with Crippen molar-refractivity contribution in [2.24, 2.45) is 0 Å². The largest absolute Gasteiger partial charge is 0.508 e. The average molecular weight is 283 g/mol. The zero-order valence-electron chi connectivity index (χ0n) is 12.3. The molecule has 0 aliphatic heterocycles. The highest BCUT2D eigenvalue weighted by atomic mass is 16.5. The van der Waals surface area contributed by atoms with E-state index < -0.39 is 0 Å². The molecule has 2 N–H and O–H groups in total. The lowest BCUT2D eigenvalue weighted by atomic mass is 9.88. The van der Waals surface area contributed by atoms with Crippen LogP contribution in [0, 0.1) is 0 Å². The number of aryl methyl sites for hydroxylation is 1. The minimum Gasteiger partial charge on any atom is -0.508 e. The number of para-hydroxylation sites is 1. The Morgan fingerprint density at radius 2 is 2.05 bits per heavy atom. The zero-order valence-corrected chi connectivity index (χ0v) is 12.3. The number of nitrogens with one attached hydrogen (secondary N) is 1. The van der Waals surface area contributed by atoms with Gasteiger partial charge in [-0.1, -0.05) is 24.3 Å². The van der Waals surface area contributed by atoms with Gasteiger partial charge in [0.1, 0.15) is 11.5 Å². The maximum Gasteiger partial charge on any atom is 0.120 e. The molecule has 0 bridgehead atoms. The molecule has 0 amide bonds. The van der Waals surface area contributed by atoms with Crippen LogP contribution in [0.3, 0.4) is 0 Å². The number of phenols is 1. The van der Waals surface area contributed by atoms with Crippen LogP contribution < -0.4 is 10.1 Å². The Morgan fingerprint density at radius 3 is 2.86 bits per heavy atom. The zero-order chi connectivity index (χ0) is 14.7. The van der Waals surface area contributed by atoms with E-state index >= 15 is 0 Å². The van der Waals surface area contributed by atoms with Crippen LogP contribution in [0.25, 0.3) is 0 Å². The minimum absolute atomic E-state index is 0.364. The number of hydrogen-bond acceptors (Lipinski definition) is 3. The van der Waals surface area contributed by atoms with Crippen LogP contribution in [0.5, 0.6) is 11.5 Å². The molecule has 0 heterocycles. The van der Waals surface area contributed by atoms with Crippen LogP contribution in [0.4, 0.5) is 0 Å². The topological polar surface area (TPSA) is 41.5 Å². The van der Waals surface area contributed by atoms with Crippen molar-refractivity contribution in [3.63, 3.8) is 0 Å². The van der Waals surface area contributed by atoms with E-state index in [0.29, 0.717) is 18.3 Å². The molecule has 2 aromatic rings. The fourth-order valence-electron chi connectivity index (χ4n) is 2.95. The third-order valence-electron chi connectivity index (χ3n) is 4.21. The highest BCUT2D eigenvalue weighted by molar-refractivity contribution is 5.38. The number of hydrogen-bond donors (Lipinski definition) is 2. The first-order valence-corrected chi connectivity index (χ1v) is 7.42. The van der Waals surface area contributed by atoms with Gasteiger partial charge in [0.15, 0.2) is 0 Å². The van der Waals surface area contributed by atoms with Gasteiger partial charge in [-0.2, -0.15) is 0 Å². The quantitative estimate of drug-likeness (QED) is 0.906. The molecule has 0 saturated heterocycles. The van der Waals surface area contributed by atoms with Gasteiger partial charge in [0.05, 0.1) is 7.11 Å². The fraction of sp³-hybridized carbons (Fsp3) is 0.333. The summed E-state index contributed by atoms with van der Waals surface area (Å²) in [5.74, 6) is 1.29. The van der Waals surface area contributed by atoms with Crippen molar-refractivity contribution in [2.45, 2.75) is 31.8 Å². The molecule has 1 aliphatic rings. The van der Waals surface area contributed by atoms with Crippen molar-refractivity contribution in [1.82, 2.24) is 5.32 Å². The van der Waals surface area contributed by atoms with Gasteiger partial charge in [0.2, 0.25) is 0 Å². The van der Waals surface area contributed by atoms with Crippen molar-refractivity contribution in [3.05, 3.63) is 59.2 Å². The molecule has 3 nitrogen and oxygen atoms in total. The number of fused-ring (bicyclic) bond motifs is 1. The molecule has 2 aromatic carbocycles. The van der Waals surface area contributed by atoms with Crippen LogP contribution >= 0.6 is 0 Å². The maximum atomic E-state index is 9.81. The number of benzene rings is 2. The lowest BCUT2D eigenvalue weighted by Gasteiger charge is -2.26. The predicted octanol–water partition coefficient (Wildman–Crippen LogP) is 3.05. The summed E-state index contributed by atoms with van der Waals surface area (Å²) in [6, 6.07) is 14.3. The monoisotopic (exact) mass is 283 g/mol. The van der Waals surface area contributed by atoms with Gasteiger partial charge in [0, 0.05) is 18.2 Å². The second kappa shape index (κ2) is 6.19. The molecule has 21 heavy (non-hydrogen) atoms. The molecule has 0 radical (unpaired) electrons. The first-order chi connectivity index (χ1) is 10.3. The van der Waals surface area contributed by atoms with E-state index in [0.717, 1.165) is 30.6 Å². The molecule has 3 rings (SSSR count). The van der Waals surface area contributed by atoms with E-state index in [1.807, 2.05) is 24.3 Å². The van der Waals surface area contributed by atoms with E-state index in [-0.39, 0.29) is 0 Å². The molecular formula is C18H21NO2. The predicted molar refractivity (Wildman–Crippen MR) is 83.8 cm³/mol. The van der Waals surface area contributed by atoms with Crippen LogP contribution in [0.15, 0.2) is 42.5 Å². The Kier molecular flexibility index (Phi) is 4.11. The van der Waals surface area contributed by atoms with Crippen LogP contribution in [0.2, 0.25) is 0 Å². The van der Waals surface area contributed by atoms with Crippen molar-refractivity contribution < 1.29 is 9.84 Å². The van der Waals surface area contributed by atoms with Crippen molar-refractivity contribution >= 4 is 0 Å². The van der Waals surface area contributed by atoms with Crippen molar-refractivity contribution in [1.29, 1.82) is 0 Å². The number of ether oxygens (including phenoxy) is 1. The number of aromatic hydroxyl groups is 1. The van der Waals surface area contributed by atoms with Crippen LogP contribution in [0.1, 0.15) is 23.1 Å². The summed E-state index contributed by atoms with van der Waals surface area (Å²) in [4.78, 5) is 0. The minimum atomic E-state index is 0.364. The third-order valence-corrected chi connectivity index (χ3v) is 4.21.